The third-order valence-electron chi connectivity index (χ3n) is 3.40. The second-order valence-corrected chi connectivity index (χ2v) is 4.60. The Hall–Kier alpha value is -1.35. The van der Waals surface area contributed by atoms with E-state index < -0.39 is 5.97 Å². The lowest BCUT2D eigenvalue weighted by Gasteiger charge is -2.27. The molecule has 0 bridgehead atoms. The second-order valence-electron chi connectivity index (χ2n) is 4.60. The van der Waals surface area contributed by atoms with E-state index in [1.165, 1.54) is 18.4 Å². The van der Waals surface area contributed by atoms with Gasteiger partial charge in [-0.1, -0.05) is 30.3 Å². The van der Waals surface area contributed by atoms with Crippen molar-refractivity contribution in [3.63, 3.8) is 0 Å². The molecule has 1 fully saturated rings. The molecule has 2 rings (SSSR count). The fraction of sp³-hybridized carbons (Fsp3) is 0.500. The maximum atomic E-state index is 10.7. The number of carboxylic acids is 1. The quantitative estimate of drug-likeness (QED) is 0.850. The molecule has 1 N–H and O–H groups in total. The van der Waals surface area contributed by atoms with E-state index in [4.69, 9.17) is 5.11 Å². The molecule has 1 aromatic carbocycles. The van der Waals surface area contributed by atoms with Crippen molar-refractivity contribution in [1.29, 1.82) is 0 Å². The Labute approximate surface area is 102 Å². The van der Waals surface area contributed by atoms with Gasteiger partial charge >= 0.3 is 5.97 Å². The Bertz CT molecular complexity index is 358. The molecule has 1 aliphatic heterocycles. The highest BCUT2D eigenvalue weighted by molar-refractivity contribution is 5.66. The van der Waals surface area contributed by atoms with Gasteiger partial charge in [0.25, 0.3) is 0 Å². The molecule has 0 amide bonds. The molecule has 1 atom stereocenters. The topological polar surface area (TPSA) is 40.5 Å². The molecule has 0 spiro atoms. The number of hydrogen-bond donors (Lipinski definition) is 1. The highest BCUT2D eigenvalue weighted by Gasteiger charge is 2.23. The number of hydrogen-bond acceptors (Lipinski definition) is 2. The van der Waals surface area contributed by atoms with Crippen LogP contribution in [0.5, 0.6) is 0 Å². The first-order valence-electron chi connectivity index (χ1n) is 6.28. The van der Waals surface area contributed by atoms with Crippen LogP contribution in [0.4, 0.5) is 0 Å². The second kappa shape index (κ2) is 5.82. The smallest absolute Gasteiger partial charge is 0.303 e. The Kier molecular flexibility index (Phi) is 4.15. The van der Waals surface area contributed by atoms with Crippen molar-refractivity contribution in [2.45, 2.75) is 31.7 Å². The summed E-state index contributed by atoms with van der Waals surface area (Å²) in [6.45, 7) is 2.19. The summed E-state index contributed by atoms with van der Waals surface area (Å²) < 4.78 is 0. The number of rotatable bonds is 5. The summed E-state index contributed by atoms with van der Waals surface area (Å²) in [6.07, 6.45) is 3.42. The van der Waals surface area contributed by atoms with E-state index in [1.54, 1.807) is 0 Å². The van der Waals surface area contributed by atoms with Crippen LogP contribution in [0.1, 0.15) is 37.3 Å². The van der Waals surface area contributed by atoms with E-state index in [0.717, 1.165) is 13.1 Å². The van der Waals surface area contributed by atoms with Crippen molar-refractivity contribution >= 4 is 5.97 Å². The number of benzene rings is 1. The minimum absolute atomic E-state index is 0.246. The van der Waals surface area contributed by atoms with Crippen LogP contribution in [0.25, 0.3) is 0 Å². The number of likely N-dealkylation sites (tertiary alicyclic amines) is 1. The average Bonchev–Trinajstić information content (AvgIpc) is 2.84. The molecule has 3 heteroatoms. The zero-order chi connectivity index (χ0) is 12.1. The molecule has 3 nitrogen and oxygen atoms in total. The van der Waals surface area contributed by atoms with Gasteiger partial charge in [-0.2, -0.15) is 0 Å². The number of aliphatic carboxylic acids is 1. The lowest BCUT2D eigenvalue weighted by molar-refractivity contribution is -0.137. The number of carboxylic acid groups (broad SMARTS) is 1. The van der Waals surface area contributed by atoms with Crippen molar-refractivity contribution in [3.8, 4) is 0 Å². The largest absolute Gasteiger partial charge is 0.481 e. The zero-order valence-corrected chi connectivity index (χ0v) is 10.0. The molecule has 1 saturated heterocycles. The highest BCUT2D eigenvalue weighted by atomic mass is 16.4. The van der Waals surface area contributed by atoms with Gasteiger partial charge in [-0.3, -0.25) is 9.69 Å². The highest BCUT2D eigenvalue weighted by Crippen LogP contribution is 2.28. The van der Waals surface area contributed by atoms with E-state index in [2.05, 4.69) is 17.0 Å². The van der Waals surface area contributed by atoms with Gasteiger partial charge in [-0.05, 0) is 37.9 Å². The Balaban J connectivity index is 2.08. The molecule has 1 unspecified atom stereocenters. The van der Waals surface area contributed by atoms with E-state index in [-0.39, 0.29) is 12.5 Å². The maximum absolute atomic E-state index is 10.7. The Morgan fingerprint density at radius 2 is 1.88 bits per heavy atom. The van der Waals surface area contributed by atoms with Crippen molar-refractivity contribution < 1.29 is 9.90 Å². The SMILES string of the molecule is O=C(O)CCC(c1ccccc1)N1CCCC1. The third-order valence-corrected chi connectivity index (χ3v) is 3.40. The van der Waals surface area contributed by atoms with Gasteiger partial charge in [0.2, 0.25) is 0 Å². The summed E-state index contributed by atoms with van der Waals surface area (Å²) in [7, 11) is 0. The van der Waals surface area contributed by atoms with Gasteiger partial charge in [-0.25, -0.2) is 0 Å². The minimum Gasteiger partial charge on any atom is -0.481 e. The van der Waals surface area contributed by atoms with Crippen LogP contribution in [0.2, 0.25) is 0 Å². The molecule has 0 saturated carbocycles. The molecular weight excluding hydrogens is 214 g/mol. The molecule has 92 valence electrons. The first kappa shape index (κ1) is 12.1. The van der Waals surface area contributed by atoms with Crippen molar-refractivity contribution in [3.05, 3.63) is 35.9 Å². The Morgan fingerprint density at radius 1 is 1.24 bits per heavy atom. The molecule has 0 aliphatic carbocycles. The summed E-state index contributed by atoms with van der Waals surface area (Å²) in [5.74, 6) is -0.704. The predicted molar refractivity (Wildman–Crippen MR) is 66.9 cm³/mol. The number of nitrogens with zero attached hydrogens (tertiary/aromatic N) is 1. The van der Waals surface area contributed by atoms with Crippen LogP contribution < -0.4 is 0 Å². The van der Waals surface area contributed by atoms with Gasteiger partial charge in [-0.15, -0.1) is 0 Å². The van der Waals surface area contributed by atoms with Crippen LogP contribution in [0.3, 0.4) is 0 Å². The summed E-state index contributed by atoms with van der Waals surface area (Å²) in [5, 5.41) is 8.83. The van der Waals surface area contributed by atoms with Crippen LogP contribution in [-0.4, -0.2) is 29.1 Å². The Morgan fingerprint density at radius 3 is 2.47 bits per heavy atom. The molecule has 0 aromatic heterocycles. The van der Waals surface area contributed by atoms with Crippen molar-refractivity contribution in [1.82, 2.24) is 4.90 Å². The van der Waals surface area contributed by atoms with Gasteiger partial charge in [0.15, 0.2) is 0 Å². The summed E-state index contributed by atoms with van der Waals surface area (Å²) in [6, 6.07) is 10.5. The summed E-state index contributed by atoms with van der Waals surface area (Å²) >= 11 is 0. The first-order chi connectivity index (χ1) is 8.27. The fourth-order valence-electron chi connectivity index (χ4n) is 2.55. The molecule has 1 aromatic rings. The first-order valence-corrected chi connectivity index (χ1v) is 6.28. The molecule has 1 aliphatic rings. The monoisotopic (exact) mass is 233 g/mol. The zero-order valence-electron chi connectivity index (χ0n) is 10.0. The molecule has 17 heavy (non-hydrogen) atoms. The normalized spacial score (nSPS) is 18.1. The lowest BCUT2D eigenvalue weighted by atomic mass is 10.0. The molecular formula is C14H19NO2. The van der Waals surface area contributed by atoms with E-state index in [0.29, 0.717) is 6.42 Å². The number of carbonyl (C=O) groups is 1. The average molecular weight is 233 g/mol. The van der Waals surface area contributed by atoms with Crippen molar-refractivity contribution in [2.24, 2.45) is 0 Å². The van der Waals surface area contributed by atoms with Gasteiger partial charge in [0, 0.05) is 12.5 Å². The minimum atomic E-state index is -0.704. The van der Waals surface area contributed by atoms with E-state index in [1.807, 2.05) is 18.2 Å². The summed E-state index contributed by atoms with van der Waals surface area (Å²) in [4.78, 5) is 13.1. The van der Waals surface area contributed by atoms with Crippen LogP contribution in [-0.2, 0) is 4.79 Å². The van der Waals surface area contributed by atoms with E-state index in [9.17, 15) is 4.79 Å². The van der Waals surface area contributed by atoms with Crippen LogP contribution in [0.15, 0.2) is 30.3 Å². The predicted octanol–water partition coefficient (Wildman–Crippen LogP) is 2.69. The lowest BCUT2D eigenvalue weighted by Crippen LogP contribution is -2.26. The summed E-state index contributed by atoms with van der Waals surface area (Å²) in [5.41, 5.74) is 1.25. The standard InChI is InChI=1S/C14H19NO2/c16-14(17)9-8-13(15-10-4-5-11-15)12-6-2-1-3-7-12/h1-3,6-7,13H,4-5,8-11H2,(H,16,17). The third kappa shape index (κ3) is 3.30. The van der Waals surface area contributed by atoms with Crippen molar-refractivity contribution in [2.75, 3.05) is 13.1 Å². The van der Waals surface area contributed by atoms with Gasteiger partial charge < -0.3 is 5.11 Å². The van der Waals surface area contributed by atoms with Gasteiger partial charge in [0.1, 0.15) is 0 Å². The maximum Gasteiger partial charge on any atom is 0.303 e. The molecule has 0 radical (unpaired) electrons. The van der Waals surface area contributed by atoms with Crippen LogP contribution >= 0.6 is 0 Å². The fourth-order valence-corrected chi connectivity index (χ4v) is 2.55. The van der Waals surface area contributed by atoms with Crippen LogP contribution in [0, 0.1) is 0 Å². The van der Waals surface area contributed by atoms with E-state index >= 15 is 0 Å². The van der Waals surface area contributed by atoms with Gasteiger partial charge in [0.05, 0.1) is 0 Å². The molecule has 1 heterocycles.